The number of anilines is 2. The molecule has 2 N–H and O–H groups in total. The molecular weight excluding hydrogens is 253 g/mol. The Morgan fingerprint density at radius 3 is 2.61 bits per heavy atom. The van der Waals surface area contributed by atoms with Gasteiger partial charge in [-0.15, -0.1) is 0 Å². The van der Waals surface area contributed by atoms with Crippen LogP contribution in [0.5, 0.6) is 0 Å². The zero-order valence-corrected chi connectivity index (χ0v) is 10.7. The number of hydrogen-bond donors (Lipinski definition) is 1. The molecule has 0 aliphatic heterocycles. The summed E-state index contributed by atoms with van der Waals surface area (Å²) in [5, 5.41) is 0.289. The van der Waals surface area contributed by atoms with Gasteiger partial charge in [0, 0.05) is 25.5 Å². The van der Waals surface area contributed by atoms with E-state index in [1.807, 2.05) is 24.3 Å². The van der Waals surface area contributed by atoms with E-state index in [0.29, 0.717) is 12.2 Å². The number of rotatable bonds is 3. The van der Waals surface area contributed by atoms with Gasteiger partial charge in [0.05, 0.1) is 5.02 Å². The van der Waals surface area contributed by atoms with Crippen LogP contribution in [0.25, 0.3) is 0 Å². The Bertz CT molecular complexity index is 542. The third-order valence-corrected chi connectivity index (χ3v) is 2.76. The average molecular weight is 266 g/mol. The molecule has 1 aromatic carbocycles. The molecule has 2 rings (SSSR count). The molecule has 0 bridgehead atoms. The second-order valence-corrected chi connectivity index (χ2v) is 4.49. The molecule has 0 aliphatic rings. The van der Waals surface area contributed by atoms with Gasteiger partial charge in [0.25, 0.3) is 0 Å². The monoisotopic (exact) mass is 265 g/mol. The minimum Gasteiger partial charge on any atom is -0.399 e. The van der Waals surface area contributed by atoms with Crippen LogP contribution in [-0.4, -0.2) is 12.0 Å². The first-order chi connectivity index (χ1) is 8.56. The molecule has 1 heterocycles. The van der Waals surface area contributed by atoms with Crippen LogP contribution < -0.4 is 10.6 Å². The van der Waals surface area contributed by atoms with Gasteiger partial charge in [-0.05, 0) is 23.8 Å². The molecule has 0 spiro atoms. The molecule has 94 valence electrons. The largest absolute Gasteiger partial charge is 0.399 e. The van der Waals surface area contributed by atoms with E-state index in [1.165, 1.54) is 12.3 Å². The molecule has 0 unspecified atom stereocenters. The molecule has 0 radical (unpaired) electrons. The maximum atomic E-state index is 13.7. The Morgan fingerprint density at radius 1 is 1.33 bits per heavy atom. The molecular formula is C13H13ClFN3. The number of hydrogen-bond acceptors (Lipinski definition) is 3. The Hall–Kier alpha value is -1.81. The summed E-state index contributed by atoms with van der Waals surface area (Å²) in [6.07, 6.45) is 1.43. The van der Waals surface area contributed by atoms with Gasteiger partial charge in [-0.3, -0.25) is 0 Å². The topological polar surface area (TPSA) is 42.1 Å². The Kier molecular flexibility index (Phi) is 3.67. The summed E-state index contributed by atoms with van der Waals surface area (Å²) < 4.78 is 13.7. The lowest BCUT2D eigenvalue weighted by atomic mass is 10.2. The third kappa shape index (κ3) is 2.90. The molecule has 2 aromatic rings. The van der Waals surface area contributed by atoms with Gasteiger partial charge < -0.3 is 10.6 Å². The molecule has 0 fully saturated rings. The highest BCUT2D eigenvalue weighted by molar-refractivity contribution is 6.30. The van der Waals surface area contributed by atoms with Crippen LogP contribution in [0.3, 0.4) is 0 Å². The lowest BCUT2D eigenvalue weighted by Crippen LogP contribution is -2.19. The van der Waals surface area contributed by atoms with Gasteiger partial charge in [-0.25, -0.2) is 9.37 Å². The summed E-state index contributed by atoms with van der Waals surface area (Å²) in [6.45, 7) is 0.547. The van der Waals surface area contributed by atoms with Crippen LogP contribution in [0.1, 0.15) is 5.56 Å². The van der Waals surface area contributed by atoms with Gasteiger partial charge in [0.1, 0.15) is 0 Å². The van der Waals surface area contributed by atoms with Gasteiger partial charge in [-0.2, -0.15) is 0 Å². The van der Waals surface area contributed by atoms with Crippen molar-refractivity contribution in [2.45, 2.75) is 6.54 Å². The SMILES string of the molecule is CN(Cc1ccc(N)cc1)c1ncc(Cl)cc1F. The predicted octanol–water partition coefficient (Wildman–Crippen LogP) is 3.09. The molecule has 0 aliphatic carbocycles. The van der Waals surface area contributed by atoms with Crippen molar-refractivity contribution >= 4 is 23.1 Å². The summed E-state index contributed by atoms with van der Waals surface area (Å²) in [6, 6.07) is 8.69. The summed E-state index contributed by atoms with van der Waals surface area (Å²) in [5.41, 5.74) is 7.34. The first-order valence-corrected chi connectivity index (χ1v) is 5.80. The Balaban J connectivity index is 2.16. The lowest BCUT2D eigenvalue weighted by molar-refractivity contribution is 0.615. The van der Waals surface area contributed by atoms with E-state index >= 15 is 0 Å². The van der Waals surface area contributed by atoms with E-state index in [4.69, 9.17) is 17.3 Å². The minimum absolute atomic E-state index is 0.274. The molecule has 0 saturated heterocycles. The standard InChI is InChI=1S/C13H13ClFN3/c1-18(8-9-2-4-11(16)5-3-9)13-12(15)6-10(14)7-17-13/h2-7H,8,16H2,1H3. The fourth-order valence-corrected chi connectivity index (χ4v) is 1.80. The van der Waals surface area contributed by atoms with E-state index in [2.05, 4.69) is 4.98 Å². The van der Waals surface area contributed by atoms with E-state index in [9.17, 15) is 4.39 Å². The van der Waals surface area contributed by atoms with E-state index < -0.39 is 5.82 Å². The molecule has 0 atom stereocenters. The number of pyridine rings is 1. The second-order valence-electron chi connectivity index (χ2n) is 4.06. The lowest BCUT2D eigenvalue weighted by Gasteiger charge is -2.18. The molecule has 5 heteroatoms. The molecule has 3 nitrogen and oxygen atoms in total. The van der Waals surface area contributed by atoms with Gasteiger partial charge >= 0.3 is 0 Å². The van der Waals surface area contributed by atoms with Crippen LogP contribution in [0.4, 0.5) is 15.9 Å². The average Bonchev–Trinajstić information content (AvgIpc) is 2.32. The number of nitrogen functional groups attached to an aromatic ring is 1. The highest BCUT2D eigenvalue weighted by atomic mass is 35.5. The van der Waals surface area contributed by atoms with Crippen LogP contribution >= 0.6 is 11.6 Å². The molecule has 0 amide bonds. The Labute approximate surface area is 110 Å². The van der Waals surface area contributed by atoms with Crippen molar-refractivity contribution in [2.75, 3.05) is 17.7 Å². The zero-order chi connectivity index (χ0) is 13.1. The maximum absolute atomic E-state index is 13.7. The van der Waals surface area contributed by atoms with Gasteiger partial charge in [-0.1, -0.05) is 23.7 Å². The first kappa shape index (κ1) is 12.6. The van der Waals surface area contributed by atoms with Crippen molar-refractivity contribution in [3.63, 3.8) is 0 Å². The maximum Gasteiger partial charge on any atom is 0.167 e. The normalized spacial score (nSPS) is 10.4. The quantitative estimate of drug-likeness (QED) is 0.867. The fraction of sp³-hybridized carbons (Fsp3) is 0.154. The van der Waals surface area contributed by atoms with Crippen molar-refractivity contribution in [1.82, 2.24) is 4.98 Å². The summed E-state index contributed by atoms with van der Waals surface area (Å²) in [4.78, 5) is 5.71. The number of nitrogens with two attached hydrogens (primary N) is 1. The van der Waals surface area contributed by atoms with Crippen molar-refractivity contribution in [2.24, 2.45) is 0 Å². The van der Waals surface area contributed by atoms with Crippen LogP contribution in [0.15, 0.2) is 36.5 Å². The number of halogens is 2. The zero-order valence-electron chi connectivity index (χ0n) is 9.90. The smallest absolute Gasteiger partial charge is 0.167 e. The Morgan fingerprint density at radius 2 is 2.00 bits per heavy atom. The second kappa shape index (κ2) is 5.23. The number of aromatic nitrogens is 1. The minimum atomic E-state index is -0.430. The summed E-state index contributed by atoms with van der Waals surface area (Å²) in [7, 11) is 1.77. The van der Waals surface area contributed by atoms with Crippen molar-refractivity contribution < 1.29 is 4.39 Å². The van der Waals surface area contributed by atoms with E-state index in [0.717, 1.165) is 5.56 Å². The number of nitrogens with zero attached hydrogens (tertiary/aromatic N) is 2. The summed E-state index contributed by atoms with van der Waals surface area (Å²) >= 11 is 5.66. The third-order valence-electron chi connectivity index (χ3n) is 2.55. The van der Waals surface area contributed by atoms with Crippen LogP contribution in [0.2, 0.25) is 5.02 Å². The summed E-state index contributed by atoms with van der Waals surface area (Å²) in [5.74, 6) is -0.156. The highest BCUT2D eigenvalue weighted by Crippen LogP contribution is 2.20. The fourth-order valence-electron chi connectivity index (χ4n) is 1.66. The van der Waals surface area contributed by atoms with E-state index in [-0.39, 0.29) is 10.8 Å². The van der Waals surface area contributed by atoms with Gasteiger partial charge in [0.15, 0.2) is 11.6 Å². The number of benzene rings is 1. The molecule has 0 saturated carbocycles. The first-order valence-electron chi connectivity index (χ1n) is 5.43. The predicted molar refractivity (Wildman–Crippen MR) is 72.2 cm³/mol. The van der Waals surface area contributed by atoms with Crippen molar-refractivity contribution in [3.8, 4) is 0 Å². The molecule has 1 aromatic heterocycles. The molecule has 18 heavy (non-hydrogen) atoms. The van der Waals surface area contributed by atoms with Crippen molar-refractivity contribution in [3.05, 3.63) is 52.9 Å². The van der Waals surface area contributed by atoms with Gasteiger partial charge in [0.2, 0.25) is 0 Å². The van der Waals surface area contributed by atoms with Crippen molar-refractivity contribution in [1.29, 1.82) is 0 Å². The van der Waals surface area contributed by atoms with Crippen LogP contribution in [-0.2, 0) is 6.54 Å². The highest BCUT2D eigenvalue weighted by Gasteiger charge is 2.10. The van der Waals surface area contributed by atoms with E-state index in [1.54, 1.807) is 11.9 Å². The van der Waals surface area contributed by atoms with Crippen LogP contribution in [0, 0.1) is 5.82 Å².